The summed E-state index contributed by atoms with van der Waals surface area (Å²) in [4.78, 5) is 33.5. The lowest BCUT2D eigenvalue weighted by Gasteiger charge is -2.35. The van der Waals surface area contributed by atoms with E-state index in [0.717, 1.165) is 21.7 Å². The number of ether oxygens (including phenoxy) is 1. The van der Waals surface area contributed by atoms with Gasteiger partial charge in [0.05, 0.1) is 40.9 Å². The summed E-state index contributed by atoms with van der Waals surface area (Å²) < 4.78 is 5.38. The van der Waals surface area contributed by atoms with Crippen LogP contribution in [0.5, 0.6) is 0 Å². The van der Waals surface area contributed by atoms with Crippen molar-refractivity contribution in [3.63, 3.8) is 0 Å². The van der Waals surface area contributed by atoms with Crippen LogP contribution in [-0.2, 0) is 14.3 Å². The minimum absolute atomic E-state index is 0.142. The van der Waals surface area contributed by atoms with Crippen molar-refractivity contribution in [3.05, 3.63) is 41.0 Å². The first-order valence-corrected chi connectivity index (χ1v) is 12.4. The maximum atomic E-state index is 13.3. The number of carbonyl (C=O) groups excluding carboxylic acids is 2. The minimum atomic E-state index is -0.737. The third-order valence-corrected chi connectivity index (χ3v) is 7.21. The van der Waals surface area contributed by atoms with Gasteiger partial charge in [-0.2, -0.15) is 0 Å². The summed E-state index contributed by atoms with van der Waals surface area (Å²) in [7, 11) is 3.33. The molecule has 2 aromatic rings. The number of benzene rings is 1. The van der Waals surface area contributed by atoms with E-state index in [1.807, 2.05) is 57.5 Å². The maximum absolute atomic E-state index is 13.3. The quantitative estimate of drug-likeness (QED) is 0.528. The molecule has 186 valence electrons. The molecule has 0 unspecified atom stereocenters. The summed E-state index contributed by atoms with van der Waals surface area (Å²) in [6.45, 7) is 8.33. The van der Waals surface area contributed by atoms with Gasteiger partial charge < -0.3 is 25.4 Å². The number of amides is 2. The van der Waals surface area contributed by atoms with Crippen LogP contribution in [0.2, 0.25) is 0 Å². The smallest absolute Gasteiger partial charge is 0.243 e. The molecule has 0 aliphatic carbocycles. The highest BCUT2D eigenvalue weighted by Crippen LogP contribution is 2.29. The summed E-state index contributed by atoms with van der Waals surface area (Å²) in [5.74, 6) is -0.475. The van der Waals surface area contributed by atoms with Crippen molar-refractivity contribution >= 4 is 23.2 Å². The molecule has 1 fully saturated rings. The number of hydrogen-bond acceptors (Lipinski definition) is 7. The Morgan fingerprint density at radius 2 is 1.97 bits per heavy atom. The van der Waals surface area contributed by atoms with Gasteiger partial charge in [-0.15, -0.1) is 11.3 Å². The highest BCUT2D eigenvalue weighted by Gasteiger charge is 2.43. The topological polar surface area (TPSA) is 104 Å². The fourth-order valence-electron chi connectivity index (χ4n) is 4.50. The van der Waals surface area contributed by atoms with E-state index in [1.54, 1.807) is 25.5 Å². The van der Waals surface area contributed by atoms with E-state index in [1.165, 1.54) is 4.90 Å². The number of aliphatic hydroxyl groups is 1. The molecule has 1 saturated heterocycles. The van der Waals surface area contributed by atoms with Crippen LogP contribution in [-0.4, -0.2) is 72.3 Å². The Kier molecular flexibility index (Phi) is 8.46. The first-order chi connectivity index (χ1) is 16.1. The molecule has 0 radical (unpaired) electrons. The van der Waals surface area contributed by atoms with Crippen LogP contribution in [0.25, 0.3) is 10.4 Å². The molecular formula is C25H36N4O4S. The van der Waals surface area contributed by atoms with Crippen LogP contribution in [0, 0.1) is 12.3 Å². The lowest BCUT2D eigenvalue weighted by Crippen LogP contribution is -2.56. The third-order valence-electron chi connectivity index (χ3n) is 6.24. The average Bonchev–Trinajstić information content (AvgIpc) is 3.38. The van der Waals surface area contributed by atoms with Gasteiger partial charge in [-0.1, -0.05) is 45.0 Å². The molecule has 34 heavy (non-hydrogen) atoms. The molecule has 0 bridgehead atoms. The van der Waals surface area contributed by atoms with E-state index in [9.17, 15) is 14.7 Å². The van der Waals surface area contributed by atoms with Crippen molar-refractivity contribution in [1.29, 1.82) is 0 Å². The number of hydrogen-bond donors (Lipinski definition) is 3. The highest BCUT2D eigenvalue weighted by atomic mass is 32.1. The lowest BCUT2D eigenvalue weighted by molar-refractivity contribution is -0.142. The van der Waals surface area contributed by atoms with Gasteiger partial charge in [-0.3, -0.25) is 9.59 Å². The van der Waals surface area contributed by atoms with Crippen LogP contribution in [0.4, 0.5) is 0 Å². The average molecular weight is 489 g/mol. The Labute approximate surface area is 205 Å². The van der Waals surface area contributed by atoms with E-state index < -0.39 is 18.2 Å². The van der Waals surface area contributed by atoms with E-state index in [-0.39, 0.29) is 42.8 Å². The molecule has 8 nitrogen and oxygen atoms in total. The Hall–Kier alpha value is -2.33. The van der Waals surface area contributed by atoms with Crippen LogP contribution in [0.1, 0.15) is 44.5 Å². The van der Waals surface area contributed by atoms with Crippen LogP contribution >= 0.6 is 11.3 Å². The van der Waals surface area contributed by atoms with Crippen LogP contribution < -0.4 is 10.6 Å². The monoisotopic (exact) mass is 488 g/mol. The van der Waals surface area contributed by atoms with Crippen molar-refractivity contribution in [2.24, 2.45) is 5.41 Å². The van der Waals surface area contributed by atoms with Crippen molar-refractivity contribution in [2.45, 2.75) is 58.3 Å². The molecule has 3 rings (SSSR count). The zero-order valence-electron chi connectivity index (χ0n) is 20.8. The second-order valence-corrected chi connectivity index (χ2v) is 10.7. The SMILES string of the molecule is CN[C@H](C(=O)N1C[C@@H](O)C[C@H]1C(=O)N[C@@H](COC)c1ccc(-c2scnc2C)cc1)C(C)(C)C. The fourth-order valence-corrected chi connectivity index (χ4v) is 5.31. The number of likely N-dealkylation sites (N-methyl/N-ethyl adjacent to an activating group) is 1. The number of methoxy groups -OCH3 is 1. The number of aliphatic hydroxyl groups excluding tert-OH is 1. The number of nitrogens with zero attached hydrogens (tertiary/aromatic N) is 2. The van der Waals surface area contributed by atoms with Gasteiger partial charge in [0.1, 0.15) is 6.04 Å². The van der Waals surface area contributed by atoms with Gasteiger partial charge in [-0.25, -0.2) is 4.98 Å². The first kappa shape index (κ1) is 26.3. The van der Waals surface area contributed by atoms with Crippen LogP contribution in [0.3, 0.4) is 0 Å². The largest absolute Gasteiger partial charge is 0.391 e. The van der Waals surface area contributed by atoms with Gasteiger partial charge in [0.2, 0.25) is 11.8 Å². The number of likely N-dealkylation sites (tertiary alicyclic amines) is 1. The zero-order valence-corrected chi connectivity index (χ0v) is 21.6. The van der Waals surface area contributed by atoms with Gasteiger partial charge in [0.25, 0.3) is 0 Å². The summed E-state index contributed by atoms with van der Waals surface area (Å²) in [6, 6.07) is 6.39. The van der Waals surface area contributed by atoms with E-state index in [4.69, 9.17) is 4.74 Å². The molecular weight excluding hydrogens is 452 g/mol. The Morgan fingerprint density at radius 3 is 2.50 bits per heavy atom. The number of aromatic nitrogens is 1. The zero-order chi connectivity index (χ0) is 25.0. The summed E-state index contributed by atoms with van der Waals surface area (Å²) in [5.41, 5.74) is 4.45. The second-order valence-electron chi connectivity index (χ2n) is 9.89. The normalized spacial score (nSPS) is 20.3. The first-order valence-electron chi connectivity index (χ1n) is 11.5. The molecule has 3 N–H and O–H groups in total. The Morgan fingerprint density at radius 1 is 1.29 bits per heavy atom. The van der Waals surface area contributed by atoms with E-state index >= 15 is 0 Å². The molecule has 1 aromatic heterocycles. The molecule has 0 spiro atoms. The van der Waals surface area contributed by atoms with E-state index in [2.05, 4.69) is 15.6 Å². The van der Waals surface area contributed by atoms with E-state index in [0.29, 0.717) is 0 Å². The standard InChI is InChI=1S/C25H36N4O4S/c1-15-21(34-14-27-15)17-9-7-16(8-10-17)19(13-33-6)28-23(31)20-11-18(30)12-29(20)24(32)22(26-5)25(2,3)4/h7-10,14,18-20,22,26,30H,11-13H2,1-6H3,(H,28,31)/t18-,19-,20-,22+/m0/s1. The number of nitrogens with one attached hydrogen (secondary N) is 2. The summed E-state index contributed by atoms with van der Waals surface area (Å²) >= 11 is 1.59. The Bertz CT molecular complexity index is 986. The van der Waals surface area contributed by atoms with Gasteiger partial charge in [0, 0.05) is 20.1 Å². The Balaban J connectivity index is 1.77. The van der Waals surface area contributed by atoms with Crippen molar-refractivity contribution < 1.29 is 19.4 Å². The predicted molar refractivity (Wildman–Crippen MR) is 133 cm³/mol. The third kappa shape index (κ3) is 5.83. The molecule has 1 aliphatic heterocycles. The minimum Gasteiger partial charge on any atom is -0.391 e. The number of rotatable bonds is 8. The summed E-state index contributed by atoms with van der Waals surface area (Å²) in [6.07, 6.45) is -0.526. The molecule has 2 amide bonds. The molecule has 9 heteroatoms. The second kappa shape index (κ2) is 10.9. The lowest BCUT2D eigenvalue weighted by atomic mass is 9.86. The van der Waals surface area contributed by atoms with Gasteiger partial charge in [0.15, 0.2) is 0 Å². The summed E-state index contributed by atoms with van der Waals surface area (Å²) in [5, 5.41) is 16.4. The molecule has 4 atom stereocenters. The van der Waals surface area contributed by atoms with Gasteiger partial charge in [-0.05, 0) is 30.5 Å². The van der Waals surface area contributed by atoms with Crippen LogP contribution in [0.15, 0.2) is 29.8 Å². The molecule has 2 heterocycles. The number of aryl methyl sites for hydroxylation is 1. The number of thiazole rings is 1. The van der Waals surface area contributed by atoms with Crippen molar-refractivity contribution in [3.8, 4) is 10.4 Å². The molecule has 0 saturated carbocycles. The fraction of sp³-hybridized carbons (Fsp3) is 0.560. The van der Waals surface area contributed by atoms with Crippen molar-refractivity contribution in [2.75, 3.05) is 27.3 Å². The number of β-amino-alcohol motifs (C(OH)–C–C–N with tert-alkyl or cyclic N) is 1. The maximum Gasteiger partial charge on any atom is 0.243 e. The predicted octanol–water partition coefficient (Wildman–Crippen LogP) is 2.52. The number of carbonyl (C=O) groups is 2. The van der Waals surface area contributed by atoms with Crippen molar-refractivity contribution in [1.82, 2.24) is 20.5 Å². The molecule has 1 aliphatic rings. The van der Waals surface area contributed by atoms with Gasteiger partial charge >= 0.3 is 0 Å². The molecule has 1 aromatic carbocycles. The highest BCUT2D eigenvalue weighted by molar-refractivity contribution is 7.13.